The molecule has 0 bridgehead atoms. The Bertz CT molecular complexity index is 1110. The highest BCUT2D eigenvalue weighted by atomic mass is 16.5. The zero-order valence-corrected chi connectivity index (χ0v) is 19.6. The number of methoxy groups -OCH3 is 1. The van der Waals surface area contributed by atoms with Gasteiger partial charge in [-0.05, 0) is 55.7 Å². The molecule has 0 aliphatic carbocycles. The molecule has 2 aromatic rings. The van der Waals surface area contributed by atoms with Crippen LogP contribution < -0.4 is 20.1 Å². The van der Waals surface area contributed by atoms with Gasteiger partial charge in [0.25, 0.3) is 5.91 Å². The van der Waals surface area contributed by atoms with E-state index in [9.17, 15) is 14.4 Å². The zero-order valence-electron chi connectivity index (χ0n) is 19.6. The van der Waals surface area contributed by atoms with Gasteiger partial charge in [0.15, 0.2) is 24.7 Å². The first-order valence-corrected chi connectivity index (χ1v) is 10.4. The number of hydrogen-bond donors (Lipinski definition) is 2. The lowest BCUT2D eigenvalue weighted by atomic mass is 10.1. The van der Waals surface area contributed by atoms with Gasteiger partial charge in [-0.15, -0.1) is 0 Å². The van der Waals surface area contributed by atoms with Crippen molar-refractivity contribution in [3.05, 3.63) is 58.7 Å². The van der Waals surface area contributed by atoms with Gasteiger partial charge in [0, 0.05) is 11.8 Å². The fourth-order valence-corrected chi connectivity index (χ4v) is 3.16. The van der Waals surface area contributed by atoms with Crippen LogP contribution in [0, 0.1) is 32.1 Å². The van der Waals surface area contributed by atoms with Crippen molar-refractivity contribution in [1.82, 2.24) is 5.32 Å². The first-order valence-electron chi connectivity index (χ1n) is 10.4. The summed E-state index contributed by atoms with van der Waals surface area (Å²) < 4.78 is 15.3. The quantitative estimate of drug-likeness (QED) is 0.408. The average Bonchev–Trinajstić information content (AvgIpc) is 2.81. The Morgan fingerprint density at radius 3 is 2.38 bits per heavy atom. The topological polar surface area (TPSA) is 127 Å². The van der Waals surface area contributed by atoms with Gasteiger partial charge in [0.2, 0.25) is 5.91 Å². The molecule has 0 aliphatic rings. The average molecular weight is 466 g/mol. The Balaban J connectivity index is 1.79. The molecule has 0 spiro atoms. The maximum absolute atomic E-state index is 12.2. The molecule has 9 heteroatoms. The lowest BCUT2D eigenvalue weighted by Crippen LogP contribution is -2.35. The molecular formula is C25H27N3O6. The van der Waals surface area contributed by atoms with Gasteiger partial charge in [0.05, 0.1) is 13.7 Å². The number of nitrogens with one attached hydrogen (secondary N) is 2. The second-order valence-electron chi connectivity index (χ2n) is 7.40. The van der Waals surface area contributed by atoms with Crippen molar-refractivity contribution < 1.29 is 28.6 Å². The van der Waals surface area contributed by atoms with Crippen LogP contribution in [0.1, 0.15) is 22.3 Å². The highest BCUT2D eigenvalue weighted by Crippen LogP contribution is 2.28. The number of anilines is 1. The molecule has 2 rings (SSSR count). The third-order valence-corrected chi connectivity index (χ3v) is 4.62. The summed E-state index contributed by atoms with van der Waals surface area (Å²) in [6, 6.07) is 10.7. The van der Waals surface area contributed by atoms with Crippen molar-refractivity contribution in [2.45, 2.75) is 20.8 Å². The second-order valence-corrected chi connectivity index (χ2v) is 7.40. The number of rotatable bonds is 10. The third kappa shape index (κ3) is 7.98. The van der Waals surface area contributed by atoms with Crippen LogP contribution in [-0.2, 0) is 19.1 Å². The fourth-order valence-electron chi connectivity index (χ4n) is 3.16. The first-order chi connectivity index (χ1) is 16.2. The van der Waals surface area contributed by atoms with E-state index in [2.05, 4.69) is 10.6 Å². The summed E-state index contributed by atoms with van der Waals surface area (Å²) >= 11 is 0. The molecule has 0 aromatic heterocycles. The minimum absolute atomic E-state index is 0.118. The lowest BCUT2D eigenvalue weighted by Gasteiger charge is -2.13. The van der Waals surface area contributed by atoms with Crippen LogP contribution in [0.3, 0.4) is 0 Å². The molecule has 0 heterocycles. The number of hydrogen-bond acceptors (Lipinski definition) is 7. The van der Waals surface area contributed by atoms with Gasteiger partial charge < -0.3 is 24.8 Å². The summed E-state index contributed by atoms with van der Waals surface area (Å²) in [5, 5.41) is 13.8. The van der Waals surface area contributed by atoms with Gasteiger partial charge >= 0.3 is 5.97 Å². The van der Waals surface area contributed by atoms with Crippen LogP contribution in [-0.4, -0.2) is 44.7 Å². The Hall–Kier alpha value is -4.32. The van der Waals surface area contributed by atoms with E-state index < -0.39 is 18.5 Å². The smallest absolute Gasteiger partial charge is 0.331 e. The summed E-state index contributed by atoms with van der Waals surface area (Å²) in [7, 11) is 1.46. The predicted molar refractivity (Wildman–Crippen MR) is 126 cm³/mol. The Kier molecular flexibility index (Phi) is 9.65. The molecule has 0 unspecified atom stereocenters. The van der Waals surface area contributed by atoms with Crippen LogP contribution in [0.25, 0.3) is 6.08 Å². The van der Waals surface area contributed by atoms with Crippen LogP contribution in [0.15, 0.2) is 36.4 Å². The highest BCUT2D eigenvalue weighted by Gasteiger charge is 2.11. The Labute approximate surface area is 198 Å². The molecule has 0 saturated carbocycles. The number of esters is 1. The maximum atomic E-state index is 12.2. The second kappa shape index (κ2) is 12.6. The zero-order chi connectivity index (χ0) is 25.1. The largest absolute Gasteiger partial charge is 0.493 e. The standard InChI is InChI=1S/C25H27N3O6/c1-16-11-17(2)25(18(3)12-16)28-22(29)14-27-23(30)15-34-24(31)8-6-19-5-7-20(33-10-9-26)21(13-19)32-4/h5-8,11-13H,10,14-15H2,1-4H3,(H,27,30)(H,28,29)/b8-6+. The van der Waals surface area contributed by atoms with E-state index in [0.717, 1.165) is 22.8 Å². The van der Waals surface area contributed by atoms with Crippen molar-refractivity contribution in [1.29, 1.82) is 5.26 Å². The minimum Gasteiger partial charge on any atom is -0.493 e. The maximum Gasteiger partial charge on any atom is 0.331 e. The summed E-state index contributed by atoms with van der Waals surface area (Å²) in [4.78, 5) is 36.0. The minimum atomic E-state index is -0.728. The molecule has 0 atom stereocenters. The third-order valence-electron chi connectivity index (χ3n) is 4.62. The predicted octanol–water partition coefficient (Wildman–Crippen LogP) is 2.83. The van der Waals surface area contributed by atoms with Gasteiger partial charge in [-0.1, -0.05) is 23.8 Å². The SMILES string of the molecule is COc1cc(/C=C/C(=O)OCC(=O)NCC(=O)Nc2c(C)cc(C)cc2C)ccc1OCC#N. The summed E-state index contributed by atoms with van der Waals surface area (Å²) in [6.45, 7) is 4.88. The van der Waals surface area contributed by atoms with Gasteiger partial charge in [-0.25, -0.2) is 4.79 Å². The molecular weight excluding hydrogens is 438 g/mol. The summed E-state index contributed by atoms with van der Waals surface area (Å²) in [5.41, 5.74) is 4.29. The van der Waals surface area contributed by atoms with E-state index in [1.165, 1.54) is 13.2 Å². The number of aryl methyl sites for hydroxylation is 3. The van der Waals surface area contributed by atoms with Crippen molar-refractivity contribution in [3.8, 4) is 17.6 Å². The van der Waals surface area contributed by atoms with Crippen LogP contribution in [0.4, 0.5) is 5.69 Å². The lowest BCUT2D eigenvalue weighted by molar-refractivity contribution is -0.143. The number of carbonyl (C=O) groups is 3. The molecule has 0 saturated heterocycles. The normalized spacial score (nSPS) is 10.3. The number of ether oxygens (including phenoxy) is 3. The monoisotopic (exact) mass is 465 g/mol. The number of benzene rings is 2. The van der Waals surface area contributed by atoms with Gasteiger partial charge in [-0.3, -0.25) is 9.59 Å². The molecule has 9 nitrogen and oxygen atoms in total. The van der Waals surface area contributed by atoms with Crippen LogP contribution in [0.2, 0.25) is 0 Å². The molecule has 0 fully saturated rings. The molecule has 2 amide bonds. The van der Waals surface area contributed by atoms with E-state index >= 15 is 0 Å². The van der Waals surface area contributed by atoms with Crippen molar-refractivity contribution in [2.24, 2.45) is 0 Å². The van der Waals surface area contributed by atoms with Crippen molar-refractivity contribution in [2.75, 3.05) is 32.2 Å². The molecule has 2 N–H and O–H groups in total. The number of carbonyl (C=O) groups excluding carboxylic acids is 3. The molecule has 2 aromatic carbocycles. The summed E-state index contributed by atoms with van der Waals surface area (Å²) in [6.07, 6.45) is 2.64. The number of nitriles is 1. The van der Waals surface area contributed by atoms with Gasteiger partial charge in [0.1, 0.15) is 6.07 Å². The van der Waals surface area contributed by atoms with Crippen LogP contribution in [0.5, 0.6) is 11.5 Å². The molecule has 0 aliphatic heterocycles. The van der Waals surface area contributed by atoms with E-state index in [-0.39, 0.29) is 19.1 Å². The number of amides is 2. The summed E-state index contributed by atoms with van der Waals surface area (Å²) in [5.74, 6) is -0.911. The Morgan fingerprint density at radius 2 is 1.74 bits per heavy atom. The van der Waals surface area contributed by atoms with E-state index in [1.54, 1.807) is 18.2 Å². The molecule has 178 valence electrons. The fraction of sp³-hybridized carbons (Fsp3) is 0.280. The first kappa shape index (κ1) is 25.9. The van der Waals surface area contributed by atoms with Crippen molar-refractivity contribution >= 4 is 29.5 Å². The van der Waals surface area contributed by atoms with E-state index in [0.29, 0.717) is 22.7 Å². The molecule has 0 radical (unpaired) electrons. The highest BCUT2D eigenvalue weighted by molar-refractivity contribution is 5.96. The Morgan fingerprint density at radius 1 is 1.03 bits per heavy atom. The van der Waals surface area contributed by atoms with E-state index in [1.807, 2.05) is 39.0 Å². The van der Waals surface area contributed by atoms with Crippen molar-refractivity contribution in [3.63, 3.8) is 0 Å². The number of nitrogens with zero attached hydrogens (tertiary/aromatic N) is 1. The van der Waals surface area contributed by atoms with Gasteiger partial charge in [-0.2, -0.15) is 5.26 Å². The molecule has 34 heavy (non-hydrogen) atoms. The van der Waals surface area contributed by atoms with E-state index in [4.69, 9.17) is 19.5 Å². The van der Waals surface area contributed by atoms with Crippen LogP contribution >= 0.6 is 0 Å².